The van der Waals surface area contributed by atoms with Crippen LogP contribution in [-0.4, -0.2) is 10.6 Å². The van der Waals surface area contributed by atoms with Crippen LogP contribution >= 0.6 is 24.2 Å². The van der Waals surface area contributed by atoms with Crippen LogP contribution in [-0.2, 0) is 0 Å². The van der Waals surface area contributed by atoms with Crippen molar-refractivity contribution in [3.8, 4) is 0 Å². The molecule has 1 saturated carbocycles. The molecule has 48 valence electrons. The maximum Gasteiger partial charge on any atom is 0.0336 e. The van der Waals surface area contributed by atoms with Crippen LogP contribution in [0.25, 0.3) is 0 Å². The van der Waals surface area contributed by atoms with Crippen LogP contribution in [0.1, 0.15) is 25.7 Å². The van der Waals surface area contributed by atoms with E-state index in [4.69, 9.17) is 11.6 Å². The van der Waals surface area contributed by atoms with Crippen LogP contribution in [0.2, 0.25) is 0 Å². The molecule has 0 aromatic carbocycles. The minimum absolute atomic E-state index is 0.443. The fraction of sp³-hybridized carbons (Fsp3) is 1.00. The molecule has 0 spiro atoms. The molecule has 0 heterocycles. The van der Waals surface area contributed by atoms with E-state index in [-0.39, 0.29) is 0 Å². The molecule has 0 aromatic heterocycles. The molecule has 0 aliphatic heterocycles. The second-order valence-corrected chi connectivity index (χ2v) is 3.75. The third-order valence-electron chi connectivity index (χ3n) is 1.63. The highest BCUT2D eigenvalue weighted by Crippen LogP contribution is 2.25. The second kappa shape index (κ2) is 2.98. The summed E-state index contributed by atoms with van der Waals surface area (Å²) in [5, 5.41) is 1.07. The highest BCUT2D eigenvalue weighted by Gasteiger charge is 2.15. The molecule has 0 aromatic rings. The Morgan fingerprint density at radius 3 is 2.00 bits per heavy atom. The molecule has 1 fully saturated rings. The molecule has 0 saturated heterocycles. The Hall–Kier alpha value is 0.640. The van der Waals surface area contributed by atoms with Gasteiger partial charge in [-0.3, -0.25) is 0 Å². The molecule has 0 nitrogen and oxygen atoms in total. The lowest BCUT2D eigenvalue weighted by Gasteiger charge is -2.20. The van der Waals surface area contributed by atoms with Crippen LogP contribution in [0.3, 0.4) is 0 Å². The minimum Gasteiger partial charge on any atom is -0.176 e. The molecule has 0 amide bonds. The van der Waals surface area contributed by atoms with Gasteiger partial charge in [0.2, 0.25) is 0 Å². The Morgan fingerprint density at radius 1 is 1.12 bits per heavy atom. The van der Waals surface area contributed by atoms with Crippen molar-refractivity contribution < 1.29 is 0 Å². The Morgan fingerprint density at radius 2 is 1.62 bits per heavy atom. The average Bonchev–Trinajstić information content (AvgIpc) is 1.77. The summed E-state index contributed by atoms with van der Waals surface area (Å²) >= 11 is 10.2. The van der Waals surface area contributed by atoms with Gasteiger partial charge in [-0.2, -0.15) is 12.6 Å². The molecule has 8 heavy (non-hydrogen) atoms. The normalized spacial score (nSPS) is 39.8. The first-order valence-electron chi connectivity index (χ1n) is 3.11. The second-order valence-electron chi connectivity index (χ2n) is 2.41. The van der Waals surface area contributed by atoms with Crippen LogP contribution < -0.4 is 0 Å². The molecule has 0 N–H and O–H groups in total. The van der Waals surface area contributed by atoms with Gasteiger partial charge in [-0.1, -0.05) is 0 Å². The first-order valence-corrected chi connectivity index (χ1v) is 4.06. The van der Waals surface area contributed by atoms with Gasteiger partial charge in [0.25, 0.3) is 0 Å². The third kappa shape index (κ3) is 1.87. The number of hydrogen-bond donors (Lipinski definition) is 1. The van der Waals surface area contributed by atoms with Crippen LogP contribution in [0, 0.1) is 0 Å². The lowest BCUT2D eigenvalue weighted by molar-refractivity contribution is 0.525. The summed E-state index contributed by atoms with van der Waals surface area (Å²) in [7, 11) is 0. The maximum absolute atomic E-state index is 5.85. The summed E-state index contributed by atoms with van der Waals surface area (Å²) in [6, 6.07) is 0. The van der Waals surface area contributed by atoms with Gasteiger partial charge in [-0.05, 0) is 25.7 Å². The smallest absolute Gasteiger partial charge is 0.0336 e. The predicted molar refractivity (Wildman–Crippen MR) is 40.9 cm³/mol. The zero-order valence-electron chi connectivity index (χ0n) is 4.81. The van der Waals surface area contributed by atoms with Crippen LogP contribution in [0.5, 0.6) is 0 Å². The molecule has 2 heteroatoms. The van der Waals surface area contributed by atoms with E-state index in [1.807, 2.05) is 0 Å². The van der Waals surface area contributed by atoms with Gasteiger partial charge in [0, 0.05) is 10.6 Å². The summed E-state index contributed by atoms with van der Waals surface area (Å²) < 4.78 is 0. The van der Waals surface area contributed by atoms with Gasteiger partial charge in [0.15, 0.2) is 0 Å². The van der Waals surface area contributed by atoms with Crippen LogP contribution in [0.4, 0.5) is 0 Å². The number of alkyl halides is 1. The van der Waals surface area contributed by atoms with E-state index in [0.717, 1.165) is 12.8 Å². The van der Waals surface area contributed by atoms with Crippen molar-refractivity contribution in [1.29, 1.82) is 0 Å². The minimum atomic E-state index is 0.443. The van der Waals surface area contributed by atoms with Gasteiger partial charge in [-0.25, -0.2) is 0 Å². The van der Waals surface area contributed by atoms with Crippen LogP contribution in [0.15, 0.2) is 0 Å². The lowest BCUT2D eigenvalue weighted by atomic mass is 10.00. The SMILES string of the molecule is SC1CCC(Cl)CC1. The van der Waals surface area contributed by atoms with Crippen molar-refractivity contribution in [2.24, 2.45) is 0 Å². The molecule has 0 bridgehead atoms. The van der Waals surface area contributed by atoms with Crippen molar-refractivity contribution in [1.82, 2.24) is 0 Å². The summed E-state index contributed by atoms with van der Waals surface area (Å²) in [6.07, 6.45) is 4.74. The van der Waals surface area contributed by atoms with E-state index in [0.29, 0.717) is 10.6 Å². The molecule has 1 aliphatic carbocycles. The van der Waals surface area contributed by atoms with Crippen molar-refractivity contribution in [3.63, 3.8) is 0 Å². The standard InChI is InChI=1S/C6H11ClS/c7-5-1-3-6(8)4-2-5/h5-6,8H,1-4H2. The predicted octanol–water partition coefficient (Wildman–Crippen LogP) is 2.47. The summed E-state index contributed by atoms with van der Waals surface area (Å²) in [5.41, 5.74) is 0. The number of thiol groups is 1. The quantitative estimate of drug-likeness (QED) is 0.398. The monoisotopic (exact) mass is 150 g/mol. The van der Waals surface area contributed by atoms with Crippen molar-refractivity contribution in [3.05, 3.63) is 0 Å². The highest BCUT2D eigenvalue weighted by molar-refractivity contribution is 7.80. The Labute approximate surface area is 61.0 Å². The fourth-order valence-corrected chi connectivity index (χ4v) is 1.59. The van der Waals surface area contributed by atoms with E-state index < -0.39 is 0 Å². The number of rotatable bonds is 0. The zero-order valence-corrected chi connectivity index (χ0v) is 6.46. The van der Waals surface area contributed by atoms with Crippen molar-refractivity contribution in [2.75, 3.05) is 0 Å². The number of hydrogen-bond acceptors (Lipinski definition) is 1. The highest BCUT2D eigenvalue weighted by atomic mass is 35.5. The molecule has 0 atom stereocenters. The van der Waals surface area contributed by atoms with E-state index in [1.165, 1.54) is 12.8 Å². The lowest BCUT2D eigenvalue weighted by Crippen LogP contribution is -2.13. The van der Waals surface area contributed by atoms with Gasteiger partial charge < -0.3 is 0 Å². The molecule has 1 rings (SSSR count). The summed E-state index contributed by atoms with van der Waals surface area (Å²) in [5.74, 6) is 0. The molecular weight excluding hydrogens is 140 g/mol. The molecule has 0 radical (unpaired) electrons. The molecule has 1 aliphatic rings. The largest absolute Gasteiger partial charge is 0.176 e. The Kier molecular flexibility index (Phi) is 2.51. The van der Waals surface area contributed by atoms with Gasteiger partial charge in [0.05, 0.1) is 0 Å². The topological polar surface area (TPSA) is 0 Å². The summed E-state index contributed by atoms with van der Waals surface area (Å²) in [4.78, 5) is 0. The molecular formula is C6H11ClS. The first-order chi connectivity index (χ1) is 3.79. The van der Waals surface area contributed by atoms with Gasteiger partial charge in [-0.15, -0.1) is 11.6 Å². The van der Waals surface area contributed by atoms with Gasteiger partial charge in [0.1, 0.15) is 0 Å². The average molecular weight is 151 g/mol. The van der Waals surface area contributed by atoms with E-state index in [1.54, 1.807) is 0 Å². The maximum atomic E-state index is 5.85. The Bertz CT molecular complexity index is 56.9. The molecule has 0 unspecified atom stereocenters. The van der Waals surface area contributed by atoms with E-state index >= 15 is 0 Å². The van der Waals surface area contributed by atoms with E-state index in [2.05, 4.69) is 12.6 Å². The third-order valence-corrected chi connectivity index (χ3v) is 2.58. The van der Waals surface area contributed by atoms with Crippen molar-refractivity contribution in [2.45, 2.75) is 36.3 Å². The van der Waals surface area contributed by atoms with Crippen molar-refractivity contribution >= 4 is 24.2 Å². The first kappa shape index (κ1) is 6.76. The van der Waals surface area contributed by atoms with Gasteiger partial charge >= 0.3 is 0 Å². The summed E-state index contributed by atoms with van der Waals surface area (Å²) in [6.45, 7) is 0. The van der Waals surface area contributed by atoms with E-state index in [9.17, 15) is 0 Å². The fourth-order valence-electron chi connectivity index (χ4n) is 1.04. The zero-order chi connectivity index (χ0) is 5.98. The Balaban J connectivity index is 2.19. The number of halogens is 1.